The Hall–Kier alpha value is -3.39. The summed E-state index contributed by atoms with van der Waals surface area (Å²) < 4.78 is 6.88. The van der Waals surface area contributed by atoms with Crippen molar-refractivity contribution in [1.82, 2.24) is 19.6 Å². The smallest absolute Gasteiger partial charge is 0.151 e. The number of hydrogen-bond acceptors (Lipinski definition) is 6. The quantitative estimate of drug-likeness (QED) is 0.355. The second-order valence-electron chi connectivity index (χ2n) is 6.78. The number of anilines is 2. The molecule has 0 fully saturated rings. The zero-order valence-corrected chi connectivity index (χ0v) is 16.6. The zero-order chi connectivity index (χ0) is 20.1. The van der Waals surface area contributed by atoms with Gasteiger partial charge in [-0.25, -0.2) is 9.97 Å². The molecule has 146 valence electrons. The molecule has 29 heavy (non-hydrogen) atoms. The van der Waals surface area contributed by atoms with Crippen molar-refractivity contribution in [2.45, 2.75) is 6.54 Å². The molecule has 0 amide bonds. The summed E-state index contributed by atoms with van der Waals surface area (Å²) in [5.41, 5.74) is 4.97. The molecule has 0 saturated carbocycles. The molecule has 0 unspecified atom stereocenters. The highest BCUT2D eigenvalue weighted by atomic mass is 16.5. The molecule has 1 aromatic carbocycles. The number of ether oxygens (including phenoxy) is 1. The van der Waals surface area contributed by atoms with Gasteiger partial charge in [0, 0.05) is 44.2 Å². The fourth-order valence-electron chi connectivity index (χ4n) is 3.06. The lowest BCUT2D eigenvalue weighted by Gasteiger charge is -2.12. The highest BCUT2D eigenvalue weighted by Gasteiger charge is 2.10. The third-order valence-corrected chi connectivity index (χ3v) is 4.63. The van der Waals surface area contributed by atoms with Crippen LogP contribution in [0.15, 0.2) is 60.9 Å². The molecule has 0 spiro atoms. The van der Waals surface area contributed by atoms with Crippen molar-refractivity contribution in [3.05, 3.63) is 66.5 Å². The van der Waals surface area contributed by atoms with Crippen LogP contribution in [0.5, 0.6) is 0 Å². The van der Waals surface area contributed by atoms with Crippen LogP contribution < -0.4 is 16.1 Å². The van der Waals surface area contributed by atoms with Crippen LogP contribution in [0.25, 0.3) is 16.9 Å². The molecule has 8 heteroatoms. The Kier molecular flexibility index (Phi) is 5.72. The van der Waals surface area contributed by atoms with Gasteiger partial charge in [-0.1, -0.05) is 36.4 Å². The first-order valence-corrected chi connectivity index (χ1v) is 9.57. The molecule has 3 heterocycles. The van der Waals surface area contributed by atoms with E-state index in [9.17, 15) is 0 Å². The van der Waals surface area contributed by atoms with Crippen LogP contribution >= 0.6 is 0 Å². The number of aromatic nitrogens is 4. The van der Waals surface area contributed by atoms with Crippen molar-refractivity contribution in [1.29, 1.82) is 0 Å². The Balaban J connectivity index is 1.54. The van der Waals surface area contributed by atoms with Crippen molar-refractivity contribution >= 4 is 30.6 Å². The van der Waals surface area contributed by atoms with Crippen LogP contribution in [-0.4, -0.2) is 47.7 Å². The maximum absolute atomic E-state index is 5.04. The lowest BCUT2D eigenvalue weighted by atomic mass is 10.0. The minimum Gasteiger partial charge on any atom is -0.383 e. The zero-order valence-electron chi connectivity index (χ0n) is 16.6. The van der Waals surface area contributed by atoms with Crippen molar-refractivity contribution < 1.29 is 4.74 Å². The summed E-state index contributed by atoms with van der Waals surface area (Å²) in [6.45, 7) is 2.02. The molecule has 0 aliphatic carbocycles. The first kappa shape index (κ1) is 19.0. The molecule has 7 nitrogen and oxygen atoms in total. The second-order valence-corrected chi connectivity index (χ2v) is 6.78. The van der Waals surface area contributed by atoms with Gasteiger partial charge in [0.25, 0.3) is 0 Å². The Bertz CT molecular complexity index is 1080. The van der Waals surface area contributed by atoms with Gasteiger partial charge < -0.3 is 15.4 Å². The Morgan fingerprint density at radius 3 is 2.69 bits per heavy atom. The number of fused-ring (bicyclic) bond motifs is 1. The maximum Gasteiger partial charge on any atom is 0.151 e. The molecule has 2 N–H and O–H groups in total. The van der Waals surface area contributed by atoms with Gasteiger partial charge in [0.05, 0.1) is 12.3 Å². The van der Waals surface area contributed by atoms with E-state index in [2.05, 4.69) is 38.9 Å². The lowest BCUT2D eigenvalue weighted by molar-refractivity contribution is 0.210. The third-order valence-electron chi connectivity index (χ3n) is 4.63. The number of nitrogens with one attached hydrogen (secondary N) is 2. The van der Waals surface area contributed by atoms with Gasteiger partial charge >= 0.3 is 0 Å². The molecule has 0 atom stereocenters. The van der Waals surface area contributed by atoms with Gasteiger partial charge in [-0.05, 0) is 17.1 Å². The van der Waals surface area contributed by atoms with Crippen LogP contribution in [0.3, 0.4) is 0 Å². The Labute approximate surface area is 170 Å². The third kappa shape index (κ3) is 4.38. The molecule has 4 rings (SSSR count). The number of pyridine rings is 1. The van der Waals surface area contributed by atoms with E-state index in [4.69, 9.17) is 9.72 Å². The van der Waals surface area contributed by atoms with Crippen LogP contribution in [0.2, 0.25) is 0 Å². The average molecular weight is 386 g/mol. The van der Waals surface area contributed by atoms with Gasteiger partial charge in [-0.15, -0.1) is 0 Å². The number of methoxy groups -OCH3 is 1. The number of benzene rings is 1. The average Bonchev–Trinajstić information content (AvgIpc) is 3.15. The standard InChI is InChI=1S/C21H23BN6O/c1-29-10-9-23-19-8-7-15(12-24-19)13-25-20-11-18(16-5-3-2-4-6-16)27-21-17(22)14-26-28(20)21/h2-8,11-12,14,25H,9-10,13,22H2,1H3,(H,23,24). The molecule has 0 radical (unpaired) electrons. The summed E-state index contributed by atoms with van der Waals surface area (Å²) in [4.78, 5) is 9.25. The number of hydrogen-bond donors (Lipinski definition) is 2. The highest BCUT2D eigenvalue weighted by molar-refractivity contribution is 6.36. The van der Waals surface area contributed by atoms with Crippen molar-refractivity contribution in [2.75, 3.05) is 30.9 Å². The highest BCUT2D eigenvalue weighted by Crippen LogP contribution is 2.21. The summed E-state index contributed by atoms with van der Waals surface area (Å²) in [7, 11) is 3.71. The summed E-state index contributed by atoms with van der Waals surface area (Å²) >= 11 is 0. The van der Waals surface area contributed by atoms with Gasteiger partial charge in [0.2, 0.25) is 0 Å². The molecule has 0 aliphatic rings. The van der Waals surface area contributed by atoms with Crippen LogP contribution in [0, 0.1) is 0 Å². The normalized spacial score (nSPS) is 10.9. The molecular formula is C21H23BN6O. The fourth-order valence-corrected chi connectivity index (χ4v) is 3.06. The maximum atomic E-state index is 5.04. The molecule has 3 aromatic heterocycles. The fraction of sp³-hybridized carbons (Fsp3) is 0.190. The van der Waals surface area contributed by atoms with Crippen LogP contribution in [0.4, 0.5) is 11.6 Å². The Morgan fingerprint density at radius 2 is 1.93 bits per heavy atom. The van der Waals surface area contributed by atoms with E-state index in [1.54, 1.807) is 7.11 Å². The predicted molar refractivity (Wildman–Crippen MR) is 119 cm³/mol. The number of nitrogens with zero attached hydrogens (tertiary/aromatic N) is 4. The van der Waals surface area contributed by atoms with Crippen molar-refractivity contribution in [3.8, 4) is 11.3 Å². The topological polar surface area (TPSA) is 76.4 Å². The van der Waals surface area contributed by atoms with Gasteiger partial charge in [0.15, 0.2) is 5.65 Å². The van der Waals surface area contributed by atoms with Crippen molar-refractivity contribution in [2.24, 2.45) is 0 Å². The molecule has 0 aliphatic heterocycles. The lowest BCUT2D eigenvalue weighted by Crippen LogP contribution is -2.10. The minimum absolute atomic E-state index is 0.637. The molecule has 4 aromatic rings. The van der Waals surface area contributed by atoms with Gasteiger partial charge in [-0.3, -0.25) is 0 Å². The van der Waals surface area contributed by atoms with E-state index in [0.717, 1.165) is 46.1 Å². The van der Waals surface area contributed by atoms with E-state index in [-0.39, 0.29) is 0 Å². The van der Waals surface area contributed by atoms with Gasteiger partial charge in [0.1, 0.15) is 19.5 Å². The summed E-state index contributed by atoms with van der Waals surface area (Å²) in [6.07, 6.45) is 3.71. The van der Waals surface area contributed by atoms with E-state index in [0.29, 0.717) is 13.2 Å². The molecule has 0 bridgehead atoms. The predicted octanol–water partition coefficient (Wildman–Crippen LogP) is 1.72. The van der Waals surface area contributed by atoms with Crippen molar-refractivity contribution in [3.63, 3.8) is 0 Å². The van der Waals surface area contributed by atoms with Crippen LogP contribution in [0.1, 0.15) is 5.56 Å². The minimum atomic E-state index is 0.637. The van der Waals surface area contributed by atoms with E-state index in [1.165, 1.54) is 0 Å². The van der Waals surface area contributed by atoms with E-state index >= 15 is 0 Å². The molecular weight excluding hydrogens is 363 g/mol. The SMILES string of the molecule is Bc1cnn2c(NCc3ccc(NCCOC)nc3)cc(-c3ccccc3)nc12. The first-order chi connectivity index (χ1) is 14.2. The monoisotopic (exact) mass is 386 g/mol. The summed E-state index contributed by atoms with van der Waals surface area (Å²) in [6, 6.07) is 16.2. The summed E-state index contributed by atoms with van der Waals surface area (Å²) in [5, 5.41) is 11.2. The van der Waals surface area contributed by atoms with E-state index in [1.807, 2.05) is 55.1 Å². The number of rotatable bonds is 8. The largest absolute Gasteiger partial charge is 0.383 e. The molecule has 0 saturated heterocycles. The Morgan fingerprint density at radius 1 is 1.07 bits per heavy atom. The van der Waals surface area contributed by atoms with Gasteiger partial charge in [-0.2, -0.15) is 9.61 Å². The van der Waals surface area contributed by atoms with Crippen LogP contribution in [-0.2, 0) is 11.3 Å². The second kappa shape index (κ2) is 8.75. The first-order valence-electron chi connectivity index (χ1n) is 9.57. The summed E-state index contributed by atoms with van der Waals surface area (Å²) in [5.74, 6) is 1.73. The van der Waals surface area contributed by atoms with E-state index < -0.39 is 0 Å².